The van der Waals surface area contributed by atoms with E-state index in [9.17, 15) is 0 Å². The van der Waals surface area contributed by atoms with E-state index in [1.54, 1.807) is 38.5 Å². The Morgan fingerprint density at radius 3 is 1.76 bits per heavy atom. The number of aromatic nitrogens is 2. The molecule has 5 aromatic carbocycles. The number of halogens is 2. The van der Waals surface area contributed by atoms with Crippen LogP contribution in [0.2, 0.25) is 10.0 Å². The lowest BCUT2D eigenvalue weighted by molar-refractivity contribution is -0.145. The molecule has 2 aliphatic rings. The molecular weight excluding hydrogens is 739 g/mol. The molecule has 1 fully saturated rings. The monoisotopic (exact) mass is 770 g/mol. The molecule has 2 atom stereocenters. The van der Waals surface area contributed by atoms with Crippen LogP contribution in [0.25, 0.3) is 28.6 Å². The quantitative estimate of drug-likeness (QED) is 0.125. The lowest BCUT2D eigenvalue weighted by Gasteiger charge is -2.49. The first-order valence-electron chi connectivity index (χ1n) is 17.1. The maximum atomic E-state index is 15.2. The number of rotatable bonds is 7. The van der Waals surface area contributed by atoms with Gasteiger partial charge in [0, 0.05) is 33.0 Å². The summed E-state index contributed by atoms with van der Waals surface area (Å²) in [7, 11) is 3.23. The molecule has 1 aromatic heterocycles. The Morgan fingerprint density at radius 1 is 0.704 bits per heavy atom. The van der Waals surface area contributed by atoms with E-state index in [0.29, 0.717) is 55.2 Å². The lowest BCUT2D eigenvalue weighted by atomic mass is 9.52. The highest BCUT2D eigenvalue weighted by atomic mass is 35.5. The lowest BCUT2D eigenvalue weighted by Crippen LogP contribution is -2.67. The van der Waals surface area contributed by atoms with E-state index in [0.717, 1.165) is 16.8 Å². The highest BCUT2D eigenvalue weighted by Crippen LogP contribution is 2.63. The molecule has 0 saturated carbocycles. The zero-order valence-electron chi connectivity index (χ0n) is 29.0. The molecule has 2 amide bonds. The van der Waals surface area contributed by atoms with Gasteiger partial charge in [0.05, 0.1) is 31.3 Å². The summed E-state index contributed by atoms with van der Waals surface area (Å²) < 4.78 is 12.9. The van der Waals surface area contributed by atoms with Crippen LogP contribution in [0.3, 0.4) is 0 Å². The van der Waals surface area contributed by atoms with Gasteiger partial charge in [0.15, 0.2) is 10.5 Å². The van der Waals surface area contributed by atoms with Crippen molar-refractivity contribution in [2.75, 3.05) is 14.2 Å². The van der Waals surface area contributed by atoms with Crippen molar-refractivity contribution in [2.45, 2.75) is 11.8 Å². The van der Waals surface area contributed by atoms with Gasteiger partial charge in [-0.05, 0) is 113 Å². The number of allylic oxidation sites excluding steroid dienone is 1. The van der Waals surface area contributed by atoms with Crippen molar-refractivity contribution < 1.29 is 19.1 Å². The topological polar surface area (TPSA) is 94.5 Å². The third-order valence-corrected chi connectivity index (χ3v) is 10.8. The zero-order valence-corrected chi connectivity index (χ0v) is 31.4. The van der Waals surface area contributed by atoms with Gasteiger partial charge in [-0.1, -0.05) is 77.8 Å². The molecule has 2 heterocycles. The first-order chi connectivity index (χ1) is 26.2. The van der Waals surface area contributed by atoms with Crippen LogP contribution in [0.4, 0.5) is 0 Å². The molecule has 268 valence electrons. The SMILES string of the molecule is COc1ccc(/C=C2\c3nn(-c4ccccc4)c(-c4ccc(OC)cc4)c3C(c3ccc(Cl)cc3)C3(C(=O)NC(=S)NC3=O)C2c2ccc(Cl)cc2)cc1. The number of thiocarbonyl (C=S) groups is 1. The predicted octanol–water partition coefficient (Wildman–Crippen LogP) is 8.85. The smallest absolute Gasteiger partial charge is 0.243 e. The van der Waals surface area contributed by atoms with Gasteiger partial charge in [-0.2, -0.15) is 5.10 Å². The van der Waals surface area contributed by atoms with Crippen LogP contribution in [-0.4, -0.2) is 40.9 Å². The van der Waals surface area contributed by atoms with Crippen molar-refractivity contribution in [3.8, 4) is 28.4 Å². The number of benzene rings is 5. The van der Waals surface area contributed by atoms with Crippen molar-refractivity contribution in [2.24, 2.45) is 5.41 Å². The van der Waals surface area contributed by atoms with E-state index in [-0.39, 0.29) is 5.11 Å². The van der Waals surface area contributed by atoms with Crippen molar-refractivity contribution in [1.82, 2.24) is 20.4 Å². The fourth-order valence-electron chi connectivity index (χ4n) is 7.76. The minimum absolute atomic E-state index is 0.0674. The Morgan fingerprint density at radius 2 is 1.22 bits per heavy atom. The summed E-state index contributed by atoms with van der Waals surface area (Å²) in [5, 5.41) is 12.1. The van der Waals surface area contributed by atoms with Gasteiger partial charge in [-0.3, -0.25) is 9.59 Å². The second-order valence-electron chi connectivity index (χ2n) is 13.0. The third-order valence-electron chi connectivity index (χ3n) is 10.1. The maximum Gasteiger partial charge on any atom is 0.243 e. The van der Waals surface area contributed by atoms with Gasteiger partial charge < -0.3 is 20.1 Å². The van der Waals surface area contributed by atoms with Crippen molar-refractivity contribution >= 4 is 64.0 Å². The molecule has 0 bridgehead atoms. The summed E-state index contributed by atoms with van der Waals surface area (Å²) in [5.41, 5.74) is 4.53. The number of para-hydroxylation sites is 1. The molecule has 11 heteroatoms. The second kappa shape index (κ2) is 14.2. The van der Waals surface area contributed by atoms with E-state index in [2.05, 4.69) is 10.6 Å². The van der Waals surface area contributed by atoms with Crippen LogP contribution in [0.1, 0.15) is 39.8 Å². The molecule has 1 aliphatic heterocycles. The van der Waals surface area contributed by atoms with Gasteiger partial charge in [0.25, 0.3) is 0 Å². The molecule has 2 N–H and O–H groups in total. The number of hydrogen-bond donors (Lipinski definition) is 2. The highest BCUT2D eigenvalue weighted by molar-refractivity contribution is 7.80. The first kappa shape index (κ1) is 35.3. The first-order valence-corrected chi connectivity index (χ1v) is 18.3. The van der Waals surface area contributed by atoms with E-state index in [4.69, 9.17) is 50.0 Å². The Labute approximate surface area is 327 Å². The maximum absolute atomic E-state index is 15.2. The standard InChI is InChI=1S/C43H32Cl2N4O4S/c1-52-32-20-8-25(9-21-32)24-34-36(26-10-16-29(44)17-11-26)43(40(50)46-42(54)47-41(43)51)37(27-12-18-30(45)19-13-27)35-38(34)48-49(31-6-4-3-5-7-31)39(35)28-14-22-33(53-2)23-15-28/h3-24,36-37H,1-2H3,(H2,46,47,50,51,54)/b34-24-. The summed E-state index contributed by atoms with van der Waals surface area (Å²) in [6, 6.07) is 39.5. The van der Waals surface area contributed by atoms with E-state index < -0.39 is 29.1 Å². The Balaban J connectivity index is 1.58. The Bertz CT molecular complexity index is 2410. The molecule has 1 spiro atoms. The molecule has 54 heavy (non-hydrogen) atoms. The Hall–Kier alpha value is -5.74. The Kier molecular flexibility index (Phi) is 9.31. The summed E-state index contributed by atoms with van der Waals surface area (Å²) in [5.74, 6) is -1.53. The number of hydrogen-bond acceptors (Lipinski definition) is 6. The van der Waals surface area contributed by atoms with Gasteiger partial charge in [0.2, 0.25) is 11.8 Å². The number of carbonyl (C=O) groups excluding carboxylic acids is 2. The van der Waals surface area contributed by atoms with Gasteiger partial charge >= 0.3 is 0 Å². The third kappa shape index (κ3) is 5.94. The van der Waals surface area contributed by atoms with Crippen LogP contribution >= 0.6 is 35.4 Å². The van der Waals surface area contributed by atoms with Crippen LogP contribution < -0.4 is 20.1 Å². The number of ether oxygens (including phenoxy) is 2. The van der Waals surface area contributed by atoms with Gasteiger partial charge in [0.1, 0.15) is 11.5 Å². The van der Waals surface area contributed by atoms with Crippen LogP contribution in [0, 0.1) is 5.41 Å². The van der Waals surface area contributed by atoms with E-state index >= 15 is 9.59 Å². The van der Waals surface area contributed by atoms with Gasteiger partial charge in [-0.15, -0.1) is 0 Å². The van der Waals surface area contributed by atoms with Crippen LogP contribution in [0.5, 0.6) is 11.5 Å². The summed E-state index contributed by atoms with van der Waals surface area (Å²) in [6.07, 6.45) is 1.99. The molecule has 2 unspecified atom stereocenters. The minimum atomic E-state index is -1.85. The molecule has 6 aromatic rings. The van der Waals surface area contributed by atoms with Crippen molar-refractivity contribution in [3.63, 3.8) is 0 Å². The fourth-order valence-corrected chi connectivity index (χ4v) is 8.20. The molecule has 8 rings (SSSR count). The number of amides is 2. The summed E-state index contributed by atoms with van der Waals surface area (Å²) in [4.78, 5) is 30.4. The largest absolute Gasteiger partial charge is 0.497 e. The summed E-state index contributed by atoms with van der Waals surface area (Å²) in [6.45, 7) is 0. The van der Waals surface area contributed by atoms with E-state index in [1.807, 2.05) is 114 Å². The summed E-state index contributed by atoms with van der Waals surface area (Å²) >= 11 is 18.4. The molecular formula is C43H32Cl2N4O4S. The van der Waals surface area contributed by atoms with Crippen LogP contribution in [0.15, 0.2) is 127 Å². The second-order valence-corrected chi connectivity index (χ2v) is 14.3. The molecule has 1 aliphatic carbocycles. The number of methoxy groups -OCH3 is 2. The normalized spacial score (nSPS) is 18.2. The van der Waals surface area contributed by atoms with Crippen molar-refractivity contribution in [3.05, 3.63) is 165 Å². The molecule has 8 nitrogen and oxygen atoms in total. The minimum Gasteiger partial charge on any atom is -0.497 e. The highest BCUT2D eigenvalue weighted by Gasteiger charge is 2.65. The van der Waals surface area contributed by atoms with E-state index in [1.165, 1.54) is 0 Å². The number of carbonyl (C=O) groups is 2. The fraction of sp³-hybridized carbons (Fsp3) is 0.116. The number of nitrogens with zero attached hydrogens (tertiary/aromatic N) is 2. The molecule has 0 radical (unpaired) electrons. The van der Waals surface area contributed by atoms with Crippen LogP contribution in [-0.2, 0) is 9.59 Å². The van der Waals surface area contributed by atoms with Crippen molar-refractivity contribution in [1.29, 1.82) is 0 Å². The number of fused-ring (bicyclic) bond motifs is 1. The van der Waals surface area contributed by atoms with Gasteiger partial charge in [-0.25, -0.2) is 4.68 Å². The predicted molar refractivity (Wildman–Crippen MR) is 215 cm³/mol. The number of nitrogens with one attached hydrogen (secondary N) is 2. The average Bonchev–Trinajstić information content (AvgIpc) is 3.59. The zero-order chi connectivity index (χ0) is 37.6. The molecule has 1 saturated heterocycles. The average molecular weight is 772 g/mol.